The second-order valence-corrected chi connectivity index (χ2v) is 4.99. The van der Waals surface area contributed by atoms with Crippen molar-refractivity contribution >= 4 is 40.5 Å². The van der Waals surface area contributed by atoms with Gasteiger partial charge in [-0.25, -0.2) is 0 Å². The zero-order valence-electron chi connectivity index (χ0n) is 10.2. The Bertz CT molecular complexity index is 641. The first-order chi connectivity index (χ1) is 8.97. The fourth-order valence-electron chi connectivity index (χ4n) is 1.64. The highest BCUT2D eigenvalue weighted by Crippen LogP contribution is 2.23. The SMILES string of the molecule is Cc1ccc(Cl)cc1C(=O)Nc1ccc(N)c(Cl)c1. The van der Waals surface area contributed by atoms with Crippen molar-refractivity contribution in [3.05, 3.63) is 57.6 Å². The Balaban J connectivity index is 2.25. The predicted molar refractivity (Wildman–Crippen MR) is 80.0 cm³/mol. The first kappa shape index (κ1) is 13.7. The second-order valence-electron chi connectivity index (χ2n) is 4.15. The van der Waals surface area contributed by atoms with Gasteiger partial charge in [-0.15, -0.1) is 0 Å². The van der Waals surface area contributed by atoms with Crippen LogP contribution in [0.2, 0.25) is 10.0 Å². The molecule has 0 bridgehead atoms. The smallest absolute Gasteiger partial charge is 0.255 e. The molecule has 5 heteroatoms. The molecule has 0 fully saturated rings. The molecule has 19 heavy (non-hydrogen) atoms. The molecule has 0 aromatic heterocycles. The second kappa shape index (κ2) is 5.51. The van der Waals surface area contributed by atoms with E-state index in [4.69, 9.17) is 28.9 Å². The first-order valence-electron chi connectivity index (χ1n) is 5.60. The van der Waals surface area contributed by atoms with Gasteiger partial charge in [-0.2, -0.15) is 0 Å². The van der Waals surface area contributed by atoms with Gasteiger partial charge in [0.1, 0.15) is 0 Å². The number of nitrogens with two attached hydrogens (primary N) is 1. The minimum absolute atomic E-state index is 0.235. The van der Waals surface area contributed by atoms with Crippen molar-refractivity contribution in [3.63, 3.8) is 0 Å². The predicted octanol–water partition coefficient (Wildman–Crippen LogP) is 4.14. The van der Waals surface area contributed by atoms with Crippen molar-refractivity contribution in [2.24, 2.45) is 0 Å². The number of carbonyl (C=O) groups excluding carboxylic acids is 1. The maximum atomic E-state index is 12.1. The molecule has 3 N–H and O–H groups in total. The van der Waals surface area contributed by atoms with Crippen LogP contribution in [0.4, 0.5) is 11.4 Å². The third-order valence-electron chi connectivity index (χ3n) is 2.70. The molecule has 0 aliphatic rings. The Labute approximate surface area is 121 Å². The molecule has 3 nitrogen and oxygen atoms in total. The number of benzene rings is 2. The monoisotopic (exact) mass is 294 g/mol. The van der Waals surface area contributed by atoms with Crippen molar-refractivity contribution in [1.82, 2.24) is 0 Å². The number of nitrogens with one attached hydrogen (secondary N) is 1. The van der Waals surface area contributed by atoms with Crippen LogP contribution in [-0.4, -0.2) is 5.91 Å². The van der Waals surface area contributed by atoms with Gasteiger partial charge in [-0.05, 0) is 42.8 Å². The lowest BCUT2D eigenvalue weighted by atomic mass is 10.1. The van der Waals surface area contributed by atoms with Crippen LogP contribution in [0.5, 0.6) is 0 Å². The summed E-state index contributed by atoms with van der Waals surface area (Å²) in [6, 6.07) is 10.1. The topological polar surface area (TPSA) is 55.1 Å². The lowest BCUT2D eigenvalue weighted by molar-refractivity contribution is 0.102. The van der Waals surface area contributed by atoms with Gasteiger partial charge in [-0.3, -0.25) is 4.79 Å². The number of carbonyl (C=O) groups is 1. The van der Waals surface area contributed by atoms with Crippen LogP contribution >= 0.6 is 23.2 Å². The Hall–Kier alpha value is -1.71. The molecular weight excluding hydrogens is 283 g/mol. The molecule has 1 amide bonds. The molecule has 0 saturated heterocycles. The van der Waals surface area contributed by atoms with Crippen molar-refractivity contribution in [1.29, 1.82) is 0 Å². The van der Waals surface area contributed by atoms with Gasteiger partial charge in [0.15, 0.2) is 0 Å². The van der Waals surface area contributed by atoms with Crippen LogP contribution in [0.25, 0.3) is 0 Å². The Kier molecular flexibility index (Phi) is 3.98. The molecule has 0 aliphatic heterocycles. The van der Waals surface area contributed by atoms with E-state index in [2.05, 4.69) is 5.32 Å². The van der Waals surface area contributed by atoms with Gasteiger partial charge < -0.3 is 11.1 Å². The Morgan fingerprint density at radius 2 is 1.89 bits per heavy atom. The largest absolute Gasteiger partial charge is 0.398 e. The van der Waals surface area contributed by atoms with Gasteiger partial charge in [0.2, 0.25) is 0 Å². The van der Waals surface area contributed by atoms with Crippen LogP contribution in [0.3, 0.4) is 0 Å². The van der Waals surface area contributed by atoms with Crippen LogP contribution in [0, 0.1) is 6.92 Å². The third-order valence-corrected chi connectivity index (χ3v) is 3.26. The number of hydrogen-bond donors (Lipinski definition) is 2. The highest BCUT2D eigenvalue weighted by Gasteiger charge is 2.10. The summed E-state index contributed by atoms with van der Waals surface area (Å²) in [5.74, 6) is -0.235. The summed E-state index contributed by atoms with van der Waals surface area (Å²) in [7, 11) is 0. The molecule has 2 rings (SSSR count). The number of amides is 1. The average Bonchev–Trinajstić information content (AvgIpc) is 2.36. The number of hydrogen-bond acceptors (Lipinski definition) is 2. The van der Waals surface area contributed by atoms with E-state index in [1.807, 2.05) is 6.92 Å². The summed E-state index contributed by atoms with van der Waals surface area (Å²) in [6.07, 6.45) is 0. The molecule has 0 radical (unpaired) electrons. The fourth-order valence-corrected chi connectivity index (χ4v) is 1.99. The molecule has 0 spiro atoms. The number of aryl methyl sites for hydroxylation is 1. The highest BCUT2D eigenvalue weighted by atomic mass is 35.5. The Morgan fingerprint density at radius 3 is 2.58 bits per heavy atom. The van der Waals surface area contributed by atoms with Crippen molar-refractivity contribution < 1.29 is 4.79 Å². The van der Waals surface area contributed by atoms with Crippen molar-refractivity contribution in [2.45, 2.75) is 6.92 Å². The summed E-state index contributed by atoms with van der Waals surface area (Å²) in [4.78, 5) is 12.1. The number of rotatable bonds is 2. The summed E-state index contributed by atoms with van der Waals surface area (Å²) in [5, 5.41) is 3.68. The maximum Gasteiger partial charge on any atom is 0.255 e. The van der Waals surface area contributed by atoms with E-state index in [1.165, 1.54) is 0 Å². The summed E-state index contributed by atoms with van der Waals surface area (Å²) in [6.45, 7) is 1.85. The average molecular weight is 295 g/mol. The molecule has 0 atom stereocenters. The molecule has 98 valence electrons. The molecule has 0 heterocycles. The first-order valence-corrected chi connectivity index (χ1v) is 6.35. The molecule has 2 aromatic carbocycles. The van der Waals surface area contributed by atoms with E-state index in [9.17, 15) is 4.79 Å². The van der Waals surface area contributed by atoms with Crippen LogP contribution in [-0.2, 0) is 0 Å². The number of nitrogen functional groups attached to an aromatic ring is 1. The van der Waals surface area contributed by atoms with Gasteiger partial charge in [0, 0.05) is 16.3 Å². The maximum absolute atomic E-state index is 12.1. The zero-order chi connectivity index (χ0) is 14.0. The standard InChI is InChI=1S/C14H12Cl2N2O/c1-8-2-3-9(15)6-11(8)14(19)18-10-4-5-13(17)12(16)7-10/h2-7H,17H2,1H3,(H,18,19). The van der Waals surface area contributed by atoms with Crippen LogP contribution in [0.1, 0.15) is 15.9 Å². The molecule has 0 aliphatic carbocycles. The number of halogens is 2. The highest BCUT2D eigenvalue weighted by molar-refractivity contribution is 6.33. The quantitative estimate of drug-likeness (QED) is 0.818. The summed E-state index contributed by atoms with van der Waals surface area (Å²) in [5.41, 5.74) is 8.05. The molecule has 0 saturated carbocycles. The lowest BCUT2D eigenvalue weighted by Gasteiger charge is -2.09. The van der Waals surface area contributed by atoms with Crippen molar-refractivity contribution in [3.8, 4) is 0 Å². The Morgan fingerprint density at radius 1 is 1.16 bits per heavy atom. The van der Waals surface area contributed by atoms with E-state index >= 15 is 0 Å². The van der Waals surface area contributed by atoms with Crippen molar-refractivity contribution in [2.75, 3.05) is 11.1 Å². The van der Waals surface area contributed by atoms with E-state index < -0.39 is 0 Å². The molecule has 2 aromatic rings. The van der Waals surface area contributed by atoms with Gasteiger partial charge in [-0.1, -0.05) is 29.3 Å². The fraction of sp³-hybridized carbons (Fsp3) is 0.0714. The number of anilines is 2. The van der Waals surface area contributed by atoms with E-state index in [0.717, 1.165) is 5.56 Å². The minimum atomic E-state index is -0.235. The van der Waals surface area contributed by atoms with E-state index in [0.29, 0.717) is 27.0 Å². The minimum Gasteiger partial charge on any atom is -0.398 e. The third kappa shape index (κ3) is 3.19. The zero-order valence-corrected chi connectivity index (χ0v) is 11.7. The lowest BCUT2D eigenvalue weighted by Crippen LogP contribution is -2.13. The van der Waals surface area contributed by atoms with Gasteiger partial charge >= 0.3 is 0 Å². The van der Waals surface area contributed by atoms with Gasteiger partial charge in [0.05, 0.1) is 10.7 Å². The normalized spacial score (nSPS) is 10.3. The van der Waals surface area contributed by atoms with Crippen LogP contribution < -0.4 is 11.1 Å². The van der Waals surface area contributed by atoms with Gasteiger partial charge in [0.25, 0.3) is 5.91 Å². The summed E-state index contributed by atoms with van der Waals surface area (Å²) >= 11 is 11.8. The van der Waals surface area contributed by atoms with Crippen LogP contribution in [0.15, 0.2) is 36.4 Å². The van der Waals surface area contributed by atoms with E-state index in [1.54, 1.807) is 36.4 Å². The molecule has 0 unspecified atom stereocenters. The molecular formula is C14H12Cl2N2O. The van der Waals surface area contributed by atoms with E-state index in [-0.39, 0.29) is 5.91 Å². The summed E-state index contributed by atoms with van der Waals surface area (Å²) < 4.78 is 0.